The molecule has 2 aromatic rings. The molecule has 176 valence electrons. The van der Waals surface area contributed by atoms with Crippen LogP contribution in [0.25, 0.3) is 5.57 Å². The number of carboxylic acid groups (broad SMARTS) is 1. The van der Waals surface area contributed by atoms with Crippen molar-refractivity contribution in [1.29, 1.82) is 0 Å². The quantitative estimate of drug-likeness (QED) is 0.233. The van der Waals surface area contributed by atoms with Crippen molar-refractivity contribution in [3.8, 4) is 0 Å². The van der Waals surface area contributed by atoms with Gasteiger partial charge < -0.3 is 14.7 Å². The maximum absolute atomic E-state index is 11.8. The van der Waals surface area contributed by atoms with Gasteiger partial charge in [-0.15, -0.1) is 0 Å². The Hall–Kier alpha value is -3.72. The first-order valence-corrected chi connectivity index (χ1v) is 11.6. The van der Waals surface area contributed by atoms with Gasteiger partial charge in [0.1, 0.15) is 24.3 Å². The monoisotopic (exact) mass is 478 g/mol. The van der Waals surface area contributed by atoms with Gasteiger partial charge in [-0.1, -0.05) is 59.4 Å². The summed E-state index contributed by atoms with van der Waals surface area (Å²) in [4.78, 5) is 20.6. The van der Waals surface area contributed by atoms with Crippen LogP contribution in [-0.4, -0.2) is 41.2 Å². The second-order valence-corrected chi connectivity index (χ2v) is 8.90. The van der Waals surface area contributed by atoms with E-state index in [0.717, 1.165) is 11.4 Å². The molecule has 0 spiro atoms. The molecule has 0 saturated heterocycles. The molecule has 2 aliphatic heterocycles. The summed E-state index contributed by atoms with van der Waals surface area (Å²) in [6.45, 7) is 3.85. The van der Waals surface area contributed by atoms with Crippen molar-refractivity contribution >= 4 is 41.5 Å². The summed E-state index contributed by atoms with van der Waals surface area (Å²) in [7, 11) is 1.45. The van der Waals surface area contributed by atoms with Crippen LogP contribution < -0.4 is 4.90 Å². The first-order valence-electron chi connectivity index (χ1n) is 10.7. The van der Waals surface area contributed by atoms with E-state index in [4.69, 9.17) is 9.57 Å². The van der Waals surface area contributed by atoms with E-state index >= 15 is 0 Å². The maximum Gasteiger partial charge on any atom is 0.339 e. The highest BCUT2D eigenvalue weighted by atomic mass is 32.2. The van der Waals surface area contributed by atoms with Gasteiger partial charge >= 0.3 is 5.97 Å². The van der Waals surface area contributed by atoms with Crippen LogP contribution in [0.5, 0.6) is 0 Å². The number of hydrogen-bond acceptors (Lipinski definition) is 8. The molecule has 1 N–H and O–H groups in total. The number of carboxylic acids is 1. The lowest BCUT2D eigenvalue weighted by Gasteiger charge is -2.24. The van der Waals surface area contributed by atoms with Crippen LogP contribution in [-0.2, 0) is 21.0 Å². The first-order chi connectivity index (χ1) is 16.5. The lowest BCUT2D eigenvalue weighted by atomic mass is 9.99. The summed E-state index contributed by atoms with van der Waals surface area (Å²) in [6, 6.07) is 17.3. The van der Waals surface area contributed by atoms with E-state index in [1.165, 1.54) is 12.0 Å². The molecule has 8 nitrogen and oxygen atoms in total. The zero-order valence-electron chi connectivity index (χ0n) is 19.2. The predicted molar refractivity (Wildman–Crippen MR) is 135 cm³/mol. The molecule has 2 heterocycles. The van der Waals surface area contributed by atoms with Gasteiger partial charge in [0.15, 0.2) is 5.50 Å². The Kier molecular flexibility index (Phi) is 7.22. The Balaban J connectivity index is 1.38. The fraction of sp³-hybridized carbons (Fsp3) is 0.240. The molecule has 2 aliphatic rings. The number of hydrazone groups is 1. The van der Waals surface area contributed by atoms with Crippen molar-refractivity contribution in [2.45, 2.75) is 32.4 Å². The molecule has 4 rings (SSSR count). The van der Waals surface area contributed by atoms with Gasteiger partial charge in [0.25, 0.3) is 0 Å². The van der Waals surface area contributed by atoms with Gasteiger partial charge in [-0.3, -0.25) is 4.90 Å². The van der Waals surface area contributed by atoms with E-state index < -0.39 is 5.97 Å². The van der Waals surface area contributed by atoms with Gasteiger partial charge in [-0.05, 0) is 31.5 Å². The van der Waals surface area contributed by atoms with Crippen molar-refractivity contribution in [3.63, 3.8) is 0 Å². The van der Waals surface area contributed by atoms with Crippen LogP contribution in [0.4, 0.5) is 5.69 Å². The number of ether oxygens (including phenoxy) is 1. The Labute approximate surface area is 202 Å². The van der Waals surface area contributed by atoms with Crippen LogP contribution in [0.15, 0.2) is 81.2 Å². The van der Waals surface area contributed by atoms with E-state index in [9.17, 15) is 9.90 Å². The number of methoxy groups -OCH3 is 1. The molecule has 34 heavy (non-hydrogen) atoms. The zero-order valence-corrected chi connectivity index (χ0v) is 20.0. The fourth-order valence-electron chi connectivity index (χ4n) is 3.80. The third kappa shape index (κ3) is 4.79. The number of carbonyl (C=O) groups is 1. The maximum atomic E-state index is 11.8. The molecule has 0 fully saturated rings. The van der Waals surface area contributed by atoms with E-state index in [0.29, 0.717) is 23.3 Å². The number of aliphatic carboxylic acids is 1. The summed E-state index contributed by atoms with van der Waals surface area (Å²) < 4.78 is 5.17. The number of hydrogen-bond donors (Lipinski definition) is 1. The standard InChI is InChI=1S/C25H26N4O4S/c1-17(32-3)23(24(30)31)21-12-8-7-9-19(21)15-33-27-14-13-22-18(2)34-25-28(16-26-29(22)25)20-10-5-4-6-11-20/h4-12,14,16,25H,13,15H2,1-3H3,(H,30,31). The Bertz CT molecular complexity index is 1180. The second kappa shape index (κ2) is 10.5. The number of benzene rings is 2. The summed E-state index contributed by atoms with van der Waals surface area (Å²) in [6.07, 6.45) is 4.12. The van der Waals surface area contributed by atoms with Crippen molar-refractivity contribution in [2.24, 2.45) is 10.3 Å². The Morgan fingerprint density at radius 1 is 1.21 bits per heavy atom. The highest BCUT2D eigenvalue weighted by molar-refractivity contribution is 8.04. The van der Waals surface area contributed by atoms with Gasteiger partial charge in [0.2, 0.25) is 0 Å². The number of para-hydroxylation sites is 1. The Morgan fingerprint density at radius 2 is 1.94 bits per heavy atom. The lowest BCUT2D eigenvalue weighted by molar-refractivity contribution is -0.130. The molecule has 1 unspecified atom stereocenters. The minimum absolute atomic E-state index is 0.0591. The van der Waals surface area contributed by atoms with E-state index in [1.807, 2.05) is 41.7 Å². The second-order valence-electron chi connectivity index (χ2n) is 7.63. The average molecular weight is 479 g/mol. The van der Waals surface area contributed by atoms with Gasteiger partial charge in [0.05, 0.1) is 12.8 Å². The third-order valence-corrected chi connectivity index (χ3v) is 6.81. The molecular formula is C25H26N4O4S. The molecule has 0 bridgehead atoms. The topological polar surface area (TPSA) is 87.0 Å². The molecule has 0 saturated carbocycles. The summed E-state index contributed by atoms with van der Waals surface area (Å²) in [5, 5.41) is 20.3. The van der Waals surface area contributed by atoms with Crippen LogP contribution in [0.1, 0.15) is 31.4 Å². The number of nitrogens with zero attached hydrogens (tertiary/aromatic N) is 4. The SMILES string of the molecule is COC(C)=C(C(=O)O)c1ccccc1CON=CCC1=C(C)SC2N1N=CN2c1ccccc1. The van der Waals surface area contributed by atoms with Gasteiger partial charge in [0, 0.05) is 28.8 Å². The van der Waals surface area contributed by atoms with Crippen LogP contribution >= 0.6 is 11.8 Å². The van der Waals surface area contributed by atoms with Crippen LogP contribution in [0.3, 0.4) is 0 Å². The molecule has 9 heteroatoms. The third-order valence-electron chi connectivity index (χ3n) is 5.58. The van der Waals surface area contributed by atoms with Gasteiger partial charge in [-0.2, -0.15) is 5.10 Å². The molecule has 0 aliphatic carbocycles. The zero-order chi connectivity index (χ0) is 24.1. The number of anilines is 1. The number of thioether (sulfide) groups is 1. The van der Waals surface area contributed by atoms with Crippen molar-refractivity contribution in [3.05, 3.63) is 82.1 Å². The number of fused-ring (bicyclic) bond motifs is 1. The first kappa shape index (κ1) is 23.4. The summed E-state index contributed by atoms with van der Waals surface area (Å²) in [5.74, 6) is -0.725. The van der Waals surface area contributed by atoms with Gasteiger partial charge in [-0.25, -0.2) is 9.80 Å². The number of oxime groups is 1. The summed E-state index contributed by atoms with van der Waals surface area (Å²) >= 11 is 1.75. The van der Waals surface area contributed by atoms with Crippen LogP contribution in [0.2, 0.25) is 0 Å². The molecule has 0 amide bonds. The minimum Gasteiger partial charge on any atom is -0.500 e. The van der Waals surface area contributed by atoms with E-state index in [-0.39, 0.29) is 17.7 Å². The van der Waals surface area contributed by atoms with Crippen molar-refractivity contribution < 1.29 is 19.5 Å². The molecule has 2 aromatic carbocycles. The smallest absolute Gasteiger partial charge is 0.339 e. The normalized spacial score (nSPS) is 17.9. The highest BCUT2D eigenvalue weighted by Crippen LogP contribution is 2.44. The van der Waals surface area contributed by atoms with E-state index in [2.05, 4.69) is 34.2 Å². The van der Waals surface area contributed by atoms with Crippen molar-refractivity contribution in [2.75, 3.05) is 12.0 Å². The molecule has 0 radical (unpaired) electrons. The van der Waals surface area contributed by atoms with E-state index in [1.54, 1.807) is 37.0 Å². The van der Waals surface area contributed by atoms with Crippen molar-refractivity contribution in [1.82, 2.24) is 5.01 Å². The molecular weight excluding hydrogens is 452 g/mol. The number of rotatable bonds is 9. The lowest BCUT2D eigenvalue weighted by Crippen LogP contribution is -2.33. The van der Waals surface area contributed by atoms with Crippen LogP contribution in [0, 0.1) is 0 Å². The Morgan fingerprint density at radius 3 is 2.68 bits per heavy atom. The predicted octanol–water partition coefficient (Wildman–Crippen LogP) is 5.07. The molecule has 1 atom stereocenters. The highest BCUT2D eigenvalue weighted by Gasteiger charge is 2.38. The largest absolute Gasteiger partial charge is 0.500 e. The minimum atomic E-state index is -1.05. The fourth-order valence-corrected chi connectivity index (χ4v) is 5.00. The molecule has 0 aromatic heterocycles. The average Bonchev–Trinajstić information content (AvgIpc) is 3.38. The summed E-state index contributed by atoms with van der Waals surface area (Å²) in [5.41, 5.74) is 3.59. The number of allylic oxidation sites excluding steroid dienone is 3.